The molecule has 0 unspecified atom stereocenters. The van der Waals surface area contributed by atoms with E-state index in [1.54, 1.807) is 20.8 Å². The van der Waals surface area contributed by atoms with Gasteiger partial charge in [-0.3, -0.25) is 14.8 Å². The predicted molar refractivity (Wildman–Crippen MR) is 130 cm³/mol. The number of aromatic nitrogens is 2. The van der Waals surface area contributed by atoms with E-state index in [1.807, 2.05) is 30.4 Å². The lowest BCUT2D eigenvalue weighted by atomic mass is 9.97. The van der Waals surface area contributed by atoms with Crippen molar-refractivity contribution in [3.05, 3.63) is 59.2 Å². The largest absolute Gasteiger partial charge is 0.490 e. The van der Waals surface area contributed by atoms with Gasteiger partial charge in [0.05, 0.1) is 24.0 Å². The van der Waals surface area contributed by atoms with Gasteiger partial charge in [0, 0.05) is 43.8 Å². The molecule has 0 bridgehead atoms. The van der Waals surface area contributed by atoms with Gasteiger partial charge >= 0.3 is 12.1 Å². The van der Waals surface area contributed by atoms with Gasteiger partial charge in [0.1, 0.15) is 5.75 Å². The Labute approximate surface area is 213 Å². The molecule has 0 amide bonds. The van der Waals surface area contributed by atoms with Gasteiger partial charge in [0.25, 0.3) is 5.89 Å². The third kappa shape index (κ3) is 5.98. The van der Waals surface area contributed by atoms with Gasteiger partial charge in [-0.05, 0) is 57.0 Å². The molecule has 1 aromatic heterocycles. The summed E-state index contributed by atoms with van der Waals surface area (Å²) in [5, 5.41) is 8.05. The lowest BCUT2D eigenvalue weighted by Crippen LogP contribution is -2.32. The first-order valence-electron chi connectivity index (χ1n) is 12.1. The van der Waals surface area contributed by atoms with Crippen LogP contribution in [0.4, 0.5) is 13.2 Å². The average molecular weight is 519 g/mol. The smallest absolute Gasteiger partial charge is 0.419 e. The molecule has 0 saturated heterocycles. The Morgan fingerprint density at radius 2 is 2.00 bits per heavy atom. The number of carbonyl (C=O) groups is 1. The number of halogens is 3. The molecule has 198 valence electrons. The minimum atomic E-state index is -4.60. The fourth-order valence-corrected chi connectivity index (χ4v) is 4.22. The monoisotopic (exact) mass is 518 g/mol. The van der Waals surface area contributed by atoms with Crippen molar-refractivity contribution in [1.29, 1.82) is 0 Å². The van der Waals surface area contributed by atoms with Crippen molar-refractivity contribution in [2.24, 2.45) is 0 Å². The highest BCUT2D eigenvalue weighted by Gasteiger charge is 2.35. The van der Waals surface area contributed by atoms with E-state index in [2.05, 4.69) is 15.1 Å². The third-order valence-corrected chi connectivity index (χ3v) is 5.82. The van der Waals surface area contributed by atoms with E-state index in [0.29, 0.717) is 38.2 Å². The molecular weight excluding hydrogens is 489 g/mol. The van der Waals surface area contributed by atoms with Gasteiger partial charge < -0.3 is 14.0 Å². The summed E-state index contributed by atoms with van der Waals surface area (Å²) in [5.74, 6) is -0.159. The van der Waals surface area contributed by atoms with E-state index in [9.17, 15) is 18.0 Å². The van der Waals surface area contributed by atoms with Crippen LogP contribution in [0.2, 0.25) is 0 Å². The molecule has 1 aliphatic carbocycles. The maximum atomic E-state index is 13.6. The summed E-state index contributed by atoms with van der Waals surface area (Å²) < 4.78 is 56.5. The summed E-state index contributed by atoms with van der Waals surface area (Å²) >= 11 is 0. The fourth-order valence-electron chi connectivity index (χ4n) is 4.22. The van der Waals surface area contributed by atoms with E-state index in [1.165, 1.54) is 12.1 Å². The quantitative estimate of drug-likeness (QED) is 0.397. The molecule has 2 aliphatic rings. The average Bonchev–Trinajstić information content (AvgIpc) is 3.43. The Morgan fingerprint density at radius 1 is 1.22 bits per heavy atom. The first kappa shape index (κ1) is 26.3. The topological polar surface area (TPSA) is 80.9 Å². The Bertz CT molecular complexity index is 1250. The zero-order valence-corrected chi connectivity index (χ0v) is 21.1. The van der Waals surface area contributed by atoms with E-state index >= 15 is 0 Å². The third-order valence-electron chi connectivity index (χ3n) is 5.82. The Kier molecular flexibility index (Phi) is 7.60. The summed E-state index contributed by atoms with van der Waals surface area (Å²) in [6.07, 6.45) is 2.32. The summed E-state index contributed by atoms with van der Waals surface area (Å²) in [7, 11) is 1.92. The standard InChI is InChI=1S/C26H29F3N4O4/c1-5-35-23(34)7-6-12-33-21-10-8-17(13-19(21)15-32(33)4)24-30-25(37-31-24)18-9-11-22(36-16(2)3)20(14-18)26(27,28)29/h8-11,14-16H,5-7,12-13H2,1-4H3. The molecule has 2 aromatic rings. The van der Waals surface area contributed by atoms with Crippen LogP contribution >= 0.6 is 0 Å². The molecule has 8 nitrogen and oxygen atoms in total. The first-order valence-corrected chi connectivity index (χ1v) is 12.1. The van der Waals surface area contributed by atoms with Crippen molar-refractivity contribution in [2.75, 3.05) is 20.2 Å². The van der Waals surface area contributed by atoms with Crippen LogP contribution in [0.25, 0.3) is 17.0 Å². The first-order chi connectivity index (χ1) is 17.6. The zero-order chi connectivity index (χ0) is 26.7. The molecule has 37 heavy (non-hydrogen) atoms. The van der Waals surface area contributed by atoms with Gasteiger partial charge in [-0.2, -0.15) is 18.2 Å². The van der Waals surface area contributed by atoms with E-state index in [-0.39, 0.29) is 23.2 Å². The normalized spacial score (nSPS) is 15.4. The molecule has 1 aromatic carbocycles. The number of rotatable bonds is 9. The van der Waals surface area contributed by atoms with Crippen molar-refractivity contribution in [3.63, 3.8) is 0 Å². The maximum absolute atomic E-state index is 13.6. The number of nitrogens with zero attached hydrogens (tertiary/aromatic N) is 4. The Morgan fingerprint density at radius 3 is 2.70 bits per heavy atom. The number of benzene rings is 1. The van der Waals surface area contributed by atoms with Crippen LogP contribution in [0.1, 0.15) is 51.4 Å². The molecule has 0 radical (unpaired) electrons. The summed E-state index contributed by atoms with van der Waals surface area (Å²) in [6.45, 7) is 6.12. The zero-order valence-electron chi connectivity index (χ0n) is 21.1. The minimum Gasteiger partial charge on any atom is -0.490 e. The number of hydrazine groups is 1. The number of hydrogen-bond donors (Lipinski definition) is 0. The molecular formula is C26H29F3N4O4. The molecule has 0 saturated carbocycles. The van der Waals surface area contributed by atoms with Gasteiger partial charge in [-0.15, -0.1) is 0 Å². The van der Waals surface area contributed by atoms with Crippen LogP contribution in [0.5, 0.6) is 5.75 Å². The Hall–Kier alpha value is -3.76. The van der Waals surface area contributed by atoms with Crippen molar-refractivity contribution in [1.82, 2.24) is 20.2 Å². The van der Waals surface area contributed by atoms with Crippen LogP contribution < -0.4 is 4.74 Å². The van der Waals surface area contributed by atoms with Crippen molar-refractivity contribution >= 4 is 11.5 Å². The van der Waals surface area contributed by atoms with E-state index in [0.717, 1.165) is 22.9 Å². The molecule has 0 N–H and O–H groups in total. The highest BCUT2D eigenvalue weighted by atomic mass is 19.4. The van der Waals surface area contributed by atoms with Crippen molar-refractivity contribution < 1.29 is 32.0 Å². The minimum absolute atomic E-state index is 0.00890. The maximum Gasteiger partial charge on any atom is 0.419 e. The lowest BCUT2D eigenvalue weighted by Gasteiger charge is -2.29. The number of carbonyl (C=O) groups excluding carboxylic acids is 1. The van der Waals surface area contributed by atoms with Crippen LogP contribution in [-0.4, -0.2) is 52.4 Å². The molecule has 1 aliphatic heterocycles. The highest BCUT2D eigenvalue weighted by Crippen LogP contribution is 2.40. The molecule has 0 atom stereocenters. The van der Waals surface area contributed by atoms with E-state index in [4.69, 9.17) is 14.0 Å². The van der Waals surface area contributed by atoms with Gasteiger partial charge in [0.2, 0.25) is 0 Å². The van der Waals surface area contributed by atoms with Gasteiger partial charge in [-0.25, -0.2) is 0 Å². The number of hydrogen-bond acceptors (Lipinski definition) is 8. The number of fused-ring (bicyclic) bond motifs is 1. The second kappa shape index (κ2) is 10.7. The lowest BCUT2D eigenvalue weighted by molar-refractivity contribution is -0.143. The number of alkyl halides is 3. The SMILES string of the molecule is CCOC(=O)CCCN1C2=CC=C(c3noc(-c4ccc(OC(C)C)c(C(F)(F)F)c4)n3)CC2=CN1C. The number of esters is 1. The molecule has 4 rings (SSSR count). The van der Waals surface area contributed by atoms with Crippen molar-refractivity contribution in [3.8, 4) is 17.2 Å². The van der Waals surface area contributed by atoms with Crippen LogP contribution in [0.15, 0.2) is 52.3 Å². The van der Waals surface area contributed by atoms with Crippen molar-refractivity contribution in [2.45, 2.75) is 52.3 Å². The van der Waals surface area contributed by atoms with Crippen LogP contribution in [0.3, 0.4) is 0 Å². The molecule has 0 spiro atoms. The second-order valence-electron chi connectivity index (χ2n) is 8.98. The highest BCUT2D eigenvalue weighted by molar-refractivity contribution is 5.71. The summed E-state index contributed by atoms with van der Waals surface area (Å²) in [5.41, 5.74) is 2.08. The van der Waals surface area contributed by atoms with Gasteiger partial charge in [0.15, 0.2) is 5.82 Å². The number of ether oxygens (including phenoxy) is 2. The number of allylic oxidation sites excluding steroid dienone is 4. The molecule has 0 fully saturated rings. The van der Waals surface area contributed by atoms with E-state index < -0.39 is 17.8 Å². The second-order valence-corrected chi connectivity index (χ2v) is 8.98. The molecule has 11 heteroatoms. The summed E-state index contributed by atoms with van der Waals surface area (Å²) in [6, 6.07) is 3.71. The Balaban J connectivity index is 1.51. The fraction of sp³-hybridized carbons (Fsp3) is 0.423. The van der Waals surface area contributed by atoms with Crippen LogP contribution in [-0.2, 0) is 15.7 Å². The predicted octanol–water partition coefficient (Wildman–Crippen LogP) is 5.60. The van der Waals surface area contributed by atoms with Gasteiger partial charge in [-0.1, -0.05) is 11.2 Å². The molecule has 2 heterocycles. The van der Waals surface area contributed by atoms with Crippen LogP contribution in [0, 0.1) is 0 Å². The summed E-state index contributed by atoms with van der Waals surface area (Å²) in [4.78, 5) is 16.0.